The number of carbonyl (C=O) groups excluding carboxylic acids is 1. The Balaban J connectivity index is 3.46. The molecule has 0 radical (unpaired) electrons. The van der Waals surface area contributed by atoms with Gasteiger partial charge in [0, 0.05) is 5.56 Å². The maximum atomic E-state index is 13.3. The van der Waals surface area contributed by atoms with Crippen molar-refractivity contribution in [2.45, 2.75) is 0 Å². The molecule has 1 rings (SSSR count). The molecule has 0 aliphatic heterocycles. The van der Waals surface area contributed by atoms with E-state index >= 15 is 0 Å². The number of benzene rings is 1. The van der Waals surface area contributed by atoms with Crippen LogP contribution in [0.15, 0.2) is 12.1 Å². The van der Waals surface area contributed by atoms with Gasteiger partial charge in [-0.25, -0.2) is 9.18 Å². The van der Waals surface area contributed by atoms with Crippen molar-refractivity contribution in [3.63, 3.8) is 0 Å². The summed E-state index contributed by atoms with van der Waals surface area (Å²) in [5.74, 6) is -2.74. The Bertz CT molecular complexity index is 387. The molecule has 0 unspecified atom stereocenters. The molecule has 1 N–H and O–H groups in total. The largest absolute Gasteiger partial charge is 0.494 e. The zero-order chi connectivity index (χ0) is 10.7. The van der Waals surface area contributed by atoms with Gasteiger partial charge in [0.1, 0.15) is 5.56 Å². The van der Waals surface area contributed by atoms with Crippen LogP contribution in [0.1, 0.15) is 20.7 Å². The van der Waals surface area contributed by atoms with E-state index < -0.39 is 17.3 Å². The van der Waals surface area contributed by atoms with Crippen molar-refractivity contribution in [2.24, 2.45) is 0 Å². The smallest absolute Gasteiger partial charge is 0.339 e. The predicted molar refractivity (Wildman–Crippen MR) is 45.3 cm³/mol. The number of hydrogen-bond acceptors (Lipinski definition) is 3. The maximum Gasteiger partial charge on any atom is 0.339 e. The summed E-state index contributed by atoms with van der Waals surface area (Å²) in [6.07, 6.45) is 0.284. The molecule has 0 heterocycles. The van der Waals surface area contributed by atoms with Gasteiger partial charge in [-0.1, -0.05) is 0 Å². The zero-order valence-corrected chi connectivity index (χ0v) is 7.28. The van der Waals surface area contributed by atoms with Gasteiger partial charge >= 0.3 is 5.97 Å². The highest BCUT2D eigenvalue weighted by atomic mass is 19.1. The Morgan fingerprint density at radius 3 is 2.64 bits per heavy atom. The average molecular weight is 198 g/mol. The molecule has 5 heteroatoms. The molecule has 0 amide bonds. The van der Waals surface area contributed by atoms with Gasteiger partial charge in [-0.05, 0) is 12.1 Å². The van der Waals surface area contributed by atoms with Gasteiger partial charge in [-0.2, -0.15) is 0 Å². The number of ether oxygens (including phenoxy) is 1. The first-order valence-corrected chi connectivity index (χ1v) is 3.66. The lowest BCUT2D eigenvalue weighted by Gasteiger charge is -2.05. The number of carboxylic acids is 1. The van der Waals surface area contributed by atoms with Gasteiger partial charge in [0.2, 0.25) is 0 Å². The SMILES string of the molecule is COc1ccc(C=O)c(C(=O)O)c1F. The summed E-state index contributed by atoms with van der Waals surface area (Å²) in [6.45, 7) is 0. The van der Waals surface area contributed by atoms with Crippen LogP contribution >= 0.6 is 0 Å². The van der Waals surface area contributed by atoms with Gasteiger partial charge in [-0.3, -0.25) is 4.79 Å². The quantitative estimate of drug-likeness (QED) is 0.744. The lowest BCUT2D eigenvalue weighted by molar-refractivity contribution is 0.0688. The van der Waals surface area contributed by atoms with Crippen LogP contribution in [0.4, 0.5) is 4.39 Å². The summed E-state index contributed by atoms with van der Waals surface area (Å²) in [5, 5.41) is 8.64. The van der Waals surface area contributed by atoms with Crippen molar-refractivity contribution in [3.8, 4) is 5.75 Å². The molecule has 4 nitrogen and oxygen atoms in total. The molecule has 0 saturated carbocycles. The molecule has 0 fully saturated rings. The molecule has 0 atom stereocenters. The maximum absolute atomic E-state index is 13.3. The monoisotopic (exact) mass is 198 g/mol. The molecule has 0 aromatic heterocycles. The Kier molecular flexibility index (Phi) is 2.81. The van der Waals surface area contributed by atoms with E-state index in [1.807, 2.05) is 0 Å². The van der Waals surface area contributed by atoms with E-state index in [1.165, 1.54) is 19.2 Å². The van der Waals surface area contributed by atoms with Gasteiger partial charge in [-0.15, -0.1) is 0 Å². The molecule has 1 aromatic carbocycles. The molecular formula is C9H7FO4. The molecule has 0 bridgehead atoms. The van der Waals surface area contributed by atoms with E-state index in [4.69, 9.17) is 5.11 Å². The number of halogens is 1. The van der Waals surface area contributed by atoms with Crippen molar-refractivity contribution >= 4 is 12.3 Å². The van der Waals surface area contributed by atoms with E-state index in [1.54, 1.807) is 0 Å². The number of carboxylic acid groups (broad SMARTS) is 1. The van der Waals surface area contributed by atoms with Crippen molar-refractivity contribution < 1.29 is 23.8 Å². The van der Waals surface area contributed by atoms with Crippen molar-refractivity contribution in [2.75, 3.05) is 7.11 Å². The molecule has 14 heavy (non-hydrogen) atoms. The first-order chi connectivity index (χ1) is 6.61. The van der Waals surface area contributed by atoms with E-state index in [2.05, 4.69) is 4.74 Å². The van der Waals surface area contributed by atoms with Crippen LogP contribution in [0, 0.1) is 5.82 Å². The summed E-state index contributed by atoms with van der Waals surface area (Å²) < 4.78 is 17.9. The minimum atomic E-state index is -1.50. The highest BCUT2D eigenvalue weighted by molar-refractivity contribution is 5.97. The van der Waals surface area contributed by atoms with E-state index in [0.717, 1.165) is 0 Å². The van der Waals surface area contributed by atoms with Crippen LogP contribution in [0.25, 0.3) is 0 Å². The van der Waals surface area contributed by atoms with Crippen LogP contribution in [0.3, 0.4) is 0 Å². The van der Waals surface area contributed by atoms with Crippen LogP contribution < -0.4 is 4.74 Å². The van der Waals surface area contributed by atoms with Crippen LogP contribution in [0.2, 0.25) is 0 Å². The minimum Gasteiger partial charge on any atom is -0.494 e. The van der Waals surface area contributed by atoms with Gasteiger partial charge in [0.25, 0.3) is 0 Å². The average Bonchev–Trinajstić information content (AvgIpc) is 2.16. The number of aromatic carboxylic acids is 1. The topological polar surface area (TPSA) is 63.6 Å². The van der Waals surface area contributed by atoms with E-state index in [9.17, 15) is 14.0 Å². The second-order valence-electron chi connectivity index (χ2n) is 2.47. The standard InChI is InChI=1S/C9H7FO4/c1-14-6-3-2-5(4-11)7(8(6)10)9(12)13/h2-4H,1H3,(H,12,13). The number of hydrogen-bond donors (Lipinski definition) is 1. The molecule has 1 aromatic rings. The Morgan fingerprint density at radius 2 is 2.21 bits per heavy atom. The highest BCUT2D eigenvalue weighted by Crippen LogP contribution is 2.22. The predicted octanol–water partition coefficient (Wildman–Crippen LogP) is 1.34. The van der Waals surface area contributed by atoms with Crippen molar-refractivity contribution in [1.82, 2.24) is 0 Å². The molecule has 74 valence electrons. The van der Waals surface area contributed by atoms with Crippen molar-refractivity contribution in [3.05, 3.63) is 29.1 Å². The van der Waals surface area contributed by atoms with E-state index in [0.29, 0.717) is 0 Å². The summed E-state index contributed by atoms with van der Waals surface area (Å²) >= 11 is 0. The van der Waals surface area contributed by atoms with Crippen LogP contribution in [0.5, 0.6) is 5.75 Å². The van der Waals surface area contributed by atoms with Crippen LogP contribution in [-0.2, 0) is 0 Å². The number of rotatable bonds is 3. The molecular weight excluding hydrogens is 191 g/mol. The molecule has 0 spiro atoms. The van der Waals surface area contributed by atoms with Gasteiger partial charge in [0.15, 0.2) is 17.9 Å². The van der Waals surface area contributed by atoms with Gasteiger partial charge in [0.05, 0.1) is 7.11 Å². The fraction of sp³-hybridized carbons (Fsp3) is 0.111. The summed E-state index contributed by atoms with van der Waals surface area (Å²) in [4.78, 5) is 21.0. The molecule has 0 aliphatic carbocycles. The summed E-state index contributed by atoms with van der Waals surface area (Å²) in [7, 11) is 1.21. The first-order valence-electron chi connectivity index (χ1n) is 3.66. The minimum absolute atomic E-state index is 0.201. The normalized spacial score (nSPS) is 9.57. The summed E-state index contributed by atoms with van der Waals surface area (Å²) in [5.41, 5.74) is -0.879. The lowest BCUT2D eigenvalue weighted by atomic mass is 10.1. The third kappa shape index (κ3) is 1.56. The fourth-order valence-electron chi connectivity index (χ4n) is 1.05. The third-order valence-electron chi connectivity index (χ3n) is 1.70. The molecule has 0 saturated heterocycles. The summed E-state index contributed by atoms with van der Waals surface area (Å²) in [6, 6.07) is 2.39. The number of aldehydes is 1. The Labute approximate surface area is 78.9 Å². The second-order valence-corrected chi connectivity index (χ2v) is 2.47. The van der Waals surface area contributed by atoms with Crippen molar-refractivity contribution in [1.29, 1.82) is 0 Å². The second kappa shape index (κ2) is 3.87. The highest BCUT2D eigenvalue weighted by Gasteiger charge is 2.19. The fourth-order valence-corrected chi connectivity index (χ4v) is 1.05. The molecule has 0 aliphatic rings. The third-order valence-corrected chi connectivity index (χ3v) is 1.70. The number of methoxy groups -OCH3 is 1. The first kappa shape index (κ1) is 10.2. The Morgan fingerprint density at radius 1 is 1.57 bits per heavy atom. The number of carbonyl (C=O) groups is 2. The zero-order valence-electron chi connectivity index (χ0n) is 7.28. The van der Waals surface area contributed by atoms with E-state index in [-0.39, 0.29) is 17.6 Å². The lowest BCUT2D eigenvalue weighted by Crippen LogP contribution is -2.07. The Hall–Kier alpha value is -1.91. The van der Waals surface area contributed by atoms with Gasteiger partial charge < -0.3 is 9.84 Å². The van der Waals surface area contributed by atoms with Crippen LogP contribution in [-0.4, -0.2) is 24.5 Å².